The molecule has 0 amide bonds. The van der Waals surface area contributed by atoms with Crippen LogP contribution >= 0.6 is 12.4 Å². The minimum atomic E-state index is -0.482. The Kier molecular flexibility index (Phi) is 8.71. The lowest BCUT2D eigenvalue weighted by Gasteiger charge is -2.04. The van der Waals surface area contributed by atoms with Gasteiger partial charge in [-0.2, -0.15) is 0 Å². The second kappa shape index (κ2) is 7.41. The first-order valence-electron chi connectivity index (χ1n) is 3.21. The Morgan fingerprint density at radius 2 is 1.73 bits per heavy atom. The molecule has 4 heteroatoms. The SMILES string of the molecule is C=C(OCC)C(=O)OCC.Cl. The monoisotopic (exact) mass is 180 g/mol. The van der Waals surface area contributed by atoms with Gasteiger partial charge in [0.05, 0.1) is 13.2 Å². The van der Waals surface area contributed by atoms with Crippen LogP contribution in [0.3, 0.4) is 0 Å². The molecule has 0 N–H and O–H groups in total. The quantitative estimate of drug-likeness (QED) is 0.374. The molecule has 0 aliphatic heterocycles. The Hall–Kier alpha value is -0.700. The van der Waals surface area contributed by atoms with Gasteiger partial charge in [-0.25, -0.2) is 4.79 Å². The Morgan fingerprint density at radius 3 is 2.09 bits per heavy atom. The lowest BCUT2D eigenvalue weighted by molar-refractivity contribution is -0.142. The second-order valence-corrected chi connectivity index (χ2v) is 1.58. The standard InChI is InChI=1S/C7H12O3.ClH/c1-4-9-6(3)7(8)10-5-2;/h3-5H2,1-2H3;1H. The van der Waals surface area contributed by atoms with Crippen molar-refractivity contribution in [3.05, 3.63) is 12.3 Å². The van der Waals surface area contributed by atoms with Gasteiger partial charge < -0.3 is 9.47 Å². The molecule has 0 heterocycles. The third-order valence-electron chi connectivity index (χ3n) is 0.822. The summed E-state index contributed by atoms with van der Waals surface area (Å²) in [4.78, 5) is 10.7. The van der Waals surface area contributed by atoms with E-state index in [0.717, 1.165) is 0 Å². The van der Waals surface area contributed by atoms with E-state index in [2.05, 4.69) is 11.3 Å². The minimum absolute atomic E-state index is 0. The largest absolute Gasteiger partial charge is 0.487 e. The lowest BCUT2D eigenvalue weighted by atomic mass is 10.5. The third-order valence-corrected chi connectivity index (χ3v) is 0.822. The average Bonchev–Trinajstić information content (AvgIpc) is 1.89. The fraction of sp³-hybridized carbons (Fsp3) is 0.571. The van der Waals surface area contributed by atoms with Crippen LogP contribution in [0.4, 0.5) is 0 Å². The van der Waals surface area contributed by atoms with E-state index in [1.807, 2.05) is 0 Å². The van der Waals surface area contributed by atoms with E-state index in [0.29, 0.717) is 13.2 Å². The molecule has 0 aromatic carbocycles. The molecule has 0 saturated carbocycles. The van der Waals surface area contributed by atoms with Gasteiger partial charge in [-0.1, -0.05) is 0 Å². The number of rotatable bonds is 4. The van der Waals surface area contributed by atoms with E-state index in [1.165, 1.54) is 0 Å². The van der Waals surface area contributed by atoms with Gasteiger partial charge >= 0.3 is 5.97 Å². The van der Waals surface area contributed by atoms with Crippen LogP contribution in [0.15, 0.2) is 12.3 Å². The predicted molar refractivity (Wildman–Crippen MR) is 44.6 cm³/mol. The fourth-order valence-corrected chi connectivity index (χ4v) is 0.445. The zero-order chi connectivity index (χ0) is 7.98. The van der Waals surface area contributed by atoms with Gasteiger partial charge in [-0.3, -0.25) is 0 Å². The summed E-state index contributed by atoms with van der Waals surface area (Å²) in [5.74, 6) is -0.409. The topological polar surface area (TPSA) is 35.5 Å². The van der Waals surface area contributed by atoms with Crippen molar-refractivity contribution in [2.45, 2.75) is 13.8 Å². The van der Waals surface area contributed by atoms with Gasteiger partial charge in [-0.15, -0.1) is 12.4 Å². The average molecular weight is 181 g/mol. The first kappa shape index (κ1) is 12.9. The van der Waals surface area contributed by atoms with Crippen molar-refractivity contribution in [2.75, 3.05) is 13.2 Å². The van der Waals surface area contributed by atoms with Crippen molar-refractivity contribution in [2.24, 2.45) is 0 Å². The molecule has 0 saturated heterocycles. The number of hydrogen-bond acceptors (Lipinski definition) is 3. The fourth-order valence-electron chi connectivity index (χ4n) is 0.445. The summed E-state index contributed by atoms with van der Waals surface area (Å²) in [5, 5.41) is 0. The summed E-state index contributed by atoms with van der Waals surface area (Å²) < 4.78 is 9.38. The van der Waals surface area contributed by atoms with E-state index in [4.69, 9.17) is 4.74 Å². The molecule has 0 spiro atoms. The Morgan fingerprint density at radius 1 is 1.27 bits per heavy atom. The van der Waals surface area contributed by atoms with Gasteiger partial charge in [0.25, 0.3) is 0 Å². The molecule has 0 aromatic heterocycles. The molecule has 0 aliphatic rings. The van der Waals surface area contributed by atoms with Crippen molar-refractivity contribution in [3.8, 4) is 0 Å². The molecular weight excluding hydrogens is 168 g/mol. The van der Waals surface area contributed by atoms with Crippen molar-refractivity contribution >= 4 is 18.4 Å². The molecule has 0 radical (unpaired) electrons. The maximum Gasteiger partial charge on any atom is 0.372 e. The van der Waals surface area contributed by atoms with Crippen molar-refractivity contribution < 1.29 is 14.3 Å². The maximum absolute atomic E-state index is 10.7. The molecule has 0 fully saturated rings. The van der Waals surface area contributed by atoms with Crippen LogP contribution in [0.1, 0.15) is 13.8 Å². The van der Waals surface area contributed by atoms with Crippen molar-refractivity contribution in [3.63, 3.8) is 0 Å². The molecule has 0 rings (SSSR count). The smallest absolute Gasteiger partial charge is 0.372 e. The number of carbonyl (C=O) groups excluding carboxylic acids is 1. The minimum Gasteiger partial charge on any atom is -0.487 e. The normalized spacial score (nSPS) is 7.82. The number of esters is 1. The summed E-state index contributed by atoms with van der Waals surface area (Å²) in [6, 6.07) is 0. The molecule has 0 atom stereocenters. The molecule has 0 aliphatic carbocycles. The summed E-state index contributed by atoms with van der Waals surface area (Å²) in [5.41, 5.74) is 0. The van der Waals surface area contributed by atoms with E-state index in [-0.39, 0.29) is 18.2 Å². The summed E-state index contributed by atoms with van der Waals surface area (Å²) >= 11 is 0. The van der Waals surface area contributed by atoms with Crippen LogP contribution in [0, 0.1) is 0 Å². The Balaban J connectivity index is 0. The van der Waals surface area contributed by atoms with Crippen molar-refractivity contribution in [1.29, 1.82) is 0 Å². The molecule has 0 aromatic rings. The van der Waals surface area contributed by atoms with Crippen LogP contribution in [0.2, 0.25) is 0 Å². The first-order valence-corrected chi connectivity index (χ1v) is 3.21. The van der Waals surface area contributed by atoms with E-state index in [1.54, 1.807) is 13.8 Å². The van der Waals surface area contributed by atoms with Gasteiger partial charge in [0.2, 0.25) is 0 Å². The zero-order valence-electron chi connectivity index (χ0n) is 6.75. The highest BCUT2D eigenvalue weighted by atomic mass is 35.5. The van der Waals surface area contributed by atoms with Crippen molar-refractivity contribution in [1.82, 2.24) is 0 Å². The highest BCUT2D eigenvalue weighted by Gasteiger charge is 2.06. The maximum atomic E-state index is 10.7. The van der Waals surface area contributed by atoms with Crippen LogP contribution in [0.25, 0.3) is 0 Å². The zero-order valence-corrected chi connectivity index (χ0v) is 7.57. The van der Waals surface area contributed by atoms with E-state index < -0.39 is 5.97 Å². The van der Waals surface area contributed by atoms with Crippen LogP contribution in [0.5, 0.6) is 0 Å². The molecule has 0 unspecified atom stereocenters. The van der Waals surface area contributed by atoms with Crippen LogP contribution < -0.4 is 0 Å². The number of halogens is 1. The number of ether oxygens (including phenoxy) is 2. The molecule has 11 heavy (non-hydrogen) atoms. The molecule has 0 bridgehead atoms. The molecule has 66 valence electrons. The van der Waals surface area contributed by atoms with Crippen LogP contribution in [-0.2, 0) is 14.3 Å². The predicted octanol–water partition coefficient (Wildman–Crippen LogP) is 1.52. The highest BCUT2D eigenvalue weighted by molar-refractivity contribution is 5.85. The second-order valence-electron chi connectivity index (χ2n) is 1.58. The van der Waals surface area contributed by atoms with Gasteiger partial charge in [0, 0.05) is 0 Å². The summed E-state index contributed by atoms with van der Waals surface area (Å²) in [6.45, 7) is 7.68. The number of carbonyl (C=O) groups is 1. The molecule has 3 nitrogen and oxygen atoms in total. The van der Waals surface area contributed by atoms with Gasteiger partial charge in [0.15, 0.2) is 5.76 Å². The van der Waals surface area contributed by atoms with Gasteiger partial charge in [-0.05, 0) is 20.4 Å². The summed E-state index contributed by atoms with van der Waals surface area (Å²) in [7, 11) is 0. The van der Waals surface area contributed by atoms with E-state index in [9.17, 15) is 4.79 Å². The molecular formula is C7H13ClO3. The highest BCUT2D eigenvalue weighted by Crippen LogP contribution is 1.95. The van der Waals surface area contributed by atoms with Crippen LogP contribution in [-0.4, -0.2) is 19.2 Å². The first-order chi connectivity index (χ1) is 4.72. The van der Waals surface area contributed by atoms with E-state index >= 15 is 0 Å². The summed E-state index contributed by atoms with van der Waals surface area (Å²) in [6.07, 6.45) is 0. The lowest BCUT2D eigenvalue weighted by Crippen LogP contribution is -2.09. The number of hydrogen-bond donors (Lipinski definition) is 0. The Labute approximate surface area is 72.8 Å². The Bertz CT molecular complexity index is 118. The van der Waals surface area contributed by atoms with Gasteiger partial charge in [0.1, 0.15) is 0 Å². The third kappa shape index (κ3) is 5.73.